The lowest BCUT2D eigenvalue weighted by Crippen LogP contribution is -2.15. The summed E-state index contributed by atoms with van der Waals surface area (Å²) in [5.74, 6) is 0. The van der Waals surface area contributed by atoms with Gasteiger partial charge in [0.05, 0.1) is 0 Å². The largest absolute Gasteiger partial charge is 0.0704 e. The molecule has 1 aliphatic carbocycles. The molecule has 0 aromatic heterocycles. The zero-order valence-corrected chi connectivity index (χ0v) is 12.6. The lowest BCUT2D eigenvalue weighted by atomic mass is 9.80. The molecule has 0 spiro atoms. The lowest BCUT2D eigenvalue weighted by Gasteiger charge is -2.23. The molecule has 1 aliphatic rings. The minimum atomic E-state index is -0.0784. The smallest absolute Gasteiger partial charge is 0.0295 e. The number of rotatable bonds is 2. The molecule has 104 valence electrons. The number of hydrogen-bond acceptors (Lipinski definition) is 0. The Hall–Kier alpha value is -2.34. The molecule has 3 rings (SSSR count). The summed E-state index contributed by atoms with van der Waals surface area (Å²) in [6.45, 7) is 4.39. The molecule has 0 fully saturated rings. The SMILES string of the molecule is Cc1ccc(C2=CC(C)(c3ccccc3)C=CC=C2)cc1. The van der Waals surface area contributed by atoms with Gasteiger partial charge in [0.25, 0.3) is 0 Å². The molecule has 2 aromatic rings. The normalized spacial score (nSPS) is 21.0. The molecule has 2 aromatic carbocycles. The number of benzene rings is 2. The summed E-state index contributed by atoms with van der Waals surface area (Å²) in [6, 6.07) is 19.4. The first-order chi connectivity index (χ1) is 10.2. The van der Waals surface area contributed by atoms with Crippen molar-refractivity contribution < 1.29 is 0 Å². The van der Waals surface area contributed by atoms with Crippen molar-refractivity contribution in [2.24, 2.45) is 0 Å². The highest BCUT2D eigenvalue weighted by Gasteiger charge is 2.22. The second-order valence-corrected chi connectivity index (χ2v) is 5.83. The summed E-state index contributed by atoms with van der Waals surface area (Å²) in [5, 5.41) is 0. The molecule has 0 heteroatoms. The second-order valence-electron chi connectivity index (χ2n) is 5.83. The van der Waals surface area contributed by atoms with E-state index in [-0.39, 0.29) is 5.41 Å². The molecule has 1 atom stereocenters. The monoisotopic (exact) mass is 272 g/mol. The van der Waals surface area contributed by atoms with E-state index in [1.165, 1.54) is 22.3 Å². The van der Waals surface area contributed by atoms with E-state index in [1.54, 1.807) is 0 Å². The van der Waals surface area contributed by atoms with E-state index in [4.69, 9.17) is 0 Å². The van der Waals surface area contributed by atoms with Crippen LogP contribution < -0.4 is 0 Å². The highest BCUT2D eigenvalue weighted by molar-refractivity contribution is 5.77. The average Bonchev–Trinajstić information content (AvgIpc) is 2.72. The topological polar surface area (TPSA) is 0 Å². The van der Waals surface area contributed by atoms with Gasteiger partial charge in [-0.2, -0.15) is 0 Å². The van der Waals surface area contributed by atoms with E-state index in [0.717, 1.165) is 0 Å². The summed E-state index contributed by atoms with van der Waals surface area (Å²) in [6.07, 6.45) is 11.1. The molecule has 0 nitrogen and oxygen atoms in total. The maximum Gasteiger partial charge on any atom is 0.0295 e. The Balaban J connectivity index is 2.07. The van der Waals surface area contributed by atoms with Gasteiger partial charge >= 0.3 is 0 Å². The minimum absolute atomic E-state index is 0.0784. The fourth-order valence-electron chi connectivity index (χ4n) is 2.74. The molecule has 0 amide bonds. The van der Waals surface area contributed by atoms with Crippen LogP contribution in [0.2, 0.25) is 0 Å². The van der Waals surface area contributed by atoms with Crippen LogP contribution in [0.1, 0.15) is 23.6 Å². The third-order valence-corrected chi connectivity index (χ3v) is 4.07. The zero-order valence-electron chi connectivity index (χ0n) is 12.6. The van der Waals surface area contributed by atoms with Gasteiger partial charge < -0.3 is 0 Å². The zero-order chi connectivity index (χ0) is 14.7. The predicted molar refractivity (Wildman–Crippen MR) is 91.2 cm³/mol. The molecule has 0 aliphatic heterocycles. The van der Waals surface area contributed by atoms with Crippen LogP contribution in [0, 0.1) is 6.92 Å². The van der Waals surface area contributed by atoms with E-state index in [9.17, 15) is 0 Å². The van der Waals surface area contributed by atoms with Crippen LogP contribution in [0.3, 0.4) is 0 Å². The summed E-state index contributed by atoms with van der Waals surface area (Å²) < 4.78 is 0. The standard InChI is InChI=1S/C21H20/c1-17-11-13-18(14-12-17)19-8-6-7-15-21(2,16-19)20-9-4-3-5-10-20/h3-16H,1-2H3. The van der Waals surface area contributed by atoms with Crippen molar-refractivity contribution in [1.82, 2.24) is 0 Å². The van der Waals surface area contributed by atoms with Gasteiger partial charge in [0.15, 0.2) is 0 Å². The molecule has 21 heavy (non-hydrogen) atoms. The van der Waals surface area contributed by atoms with E-state index in [0.29, 0.717) is 0 Å². The number of aryl methyl sites for hydroxylation is 1. The van der Waals surface area contributed by atoms with Crippen LogP contribution in [0.4, 0.5) is 0 Å². The Morgan fingerprint density at radius 3 is 2.24 bits per heavy atom. The van der Waals surface area contributed by atoms with E-state index in [1.807, 2.05) is 0 Å². The molecule has 0 N–H and O–H groups in total. The molecule has 0 saturated heterocycles. The van der Waals surface area contributed by atoms with Crippen molar-refractivity contribution in [3.63, 3.8) is 0 Å². The molecule has 0 saturated carbocycles. The Morgan fingerprint density at radius 1 is 0.810 bits per heavy atom. The second kappa shape index (κ2) is 5.57. The number of allylic oxidation sites excluding steroid dienone is 6. The Labute approximate surface area is 127 Å². The van der Waals surface area contributed by atoms with Crippen LogP contribution in [0.15, 0.2) is 85.0 Å². The fourth-order valence-corrected chi connectivity index (χ4v) is 2.74. The number of hydrogen-bond donors (Lipinski definition) is 0. The van der Waals surface area contributed by atoms with Crippen molar-refractivity contribution in [1.29, 1.82) is 0 Å². The van der Waals surface area contributed by atoms with Gasteiger partial charge in [0.2, 0.25) is 0 Å². The highest BCUT2D eigenvalue weighted by atomic mass is 14.3. The first kappa shape index (κ1) is 13.6. The van der Waals surface area contributed by atoms with Crippen molar-refractivity contribution >= 4 is 5.57 Å². The Kier molecular flexibility index (Phi) is 3.62. The molecular weight excluding hydrogens is 252 g/mol. The fraction of sp³-hybridized carbons (Fsp3) is 0.143. The predicted octanol–water partition coefficient (Wildman–Crippen LogP) is 5.46. The lowest BCUT2D eigenvalue weighted by molar-refractivity contribution is 0.761. The van der Waals surface area contributed by atoms with E-state index in [2.05, 4.69) is 98.8 Å². The maximum absolute atomic E-state index is 2.35. The average molecular weight is 272 g/mol. The maximum atomic E-state index is 2.35. The molecular formula is C21H20. The van der Waals surface area contributed by atoms with Crippen molar-refractivity contribution in [3.8, 4) is 0 Å². The van der Waals surface area contributed by atoms with Gasteiger partial charge in [0, 0.05) is 5.41 Å². The van der Waals surface area contributed by atoms with Gasteiger partial charge in [-0.3, -0.25) is 0 Å². The summed E-state index contributed by atoms with van der Waals surface area (Å²) in [7, 11) is 0. The van der Waals surface area contributed by atoms with Crippen LogP contribution in [0.5, 0.6) is 0 Å². The van der Waals surface area contributed by atoms with Crippen molar-refractivity contribution in [3.05, 3.63) is 102 Å². The van der Waals surface area contributed by atoms with Gasteiger partial charge in [0.1, 0.15) is 0 Å². The molecule has 0 radical (unpaired) electrons. The third kappa shape index (κ3) is 2.90. The van der Waals surface area contributed by atoms with Crippen LogP contribution in [-0.2, 0) is 5.41 Å². The van der Waals surface area contributed by atoms with Crippen molar-refractivity contribution in [2.75, 3.05) is 0 Å². The van der Waals surface area contributed by atoms with Gasteiger partial charge in [-0.25, -0.2) is 0 Å². The first-order valence-electron chi connectivity index (χ1n) is 7.39. The molecule has 1 unspecified atom stereocenters. The third-order valence-electron chi connectivity index (χ3n) is 4.07. The summed E-state index contributed by atoms with van der Waals surface area (Å²) in [4.78, 5) is 0. The van der Waals surface area contributed by atoms with Crippen LogP contribution in [0.25, 0.3) is 5.57 Å². The minimum Gasteiger partial charge on any atom is -0.0704 e. The summed E-state index contributed by atoms with van der Waals surface area (Å²) >= 11 is 0. The van der Waals surface area contributed by atoms with Gasteiger partial charge in [-0.15, -0.1) is 0 Å². The first-order valence-corrected chi connectivity index (χ1v) is 7.39. The summed E-state index contributed by atoms with van der Waals surface area (Å²) in [5.41, 5.74) is 5.06. The molecule has 0 heterocycles. The molecule has 0 bridgehead atoms. The van der Waals surface area contributed by atoms with Gasteiger partial charge in [-0.1, -0.05) is 90.5 Å². The van der Waals surface area contributed by atoms with Crippen molar-refractivity contribution in [2.45, 2.75) is 19.3 Å². The Bertz CT molecular complexity index is 699. The Morgan fingerprint density at radius 2 is 1.52 bits per heavy atom. The quantitative estimate of drug-likeness (QED) is 0.680. The van der Waals surface area contributed by atoms with E-state index >= 15 is 0 Å². The van der Waals surface area contributed by atoms with Gasteiger partial charge in [-0.05, 0) is 30.5 Å². The van der Waals surface area contributed by atoms with Crippen LogP contribution in [-0.4, -0.2) is 0 Å². The van der Waals surface area contributed by atoms with E-state index < -0.39 is 0 Å². The highest BCUT2D eigenvalue weighted by Crippen LogP contribution is 2.33. The van der Waals surface area contributed by atoms with Crippen LogP contribution >= 0.6 is 0 Å².